The van der Waals surface area contributed by atoms with Gasteiger partial charge in [0.05, 0.1) is 23.2 Å². The van der Waals surface area contributed by atoms with Gasteiger partial charge < -0.3 is 35.0 Å². The second-order valence-corrected chi connectivity index (χ2v) is 15.8. The van der Waals surface area contributed by atoms with E-state index in [0.29, 0.717) is 51.0 Å². The normalized spacial score (nSPS) is 60.0. The van der Waals surface area contributed by atoms with Crippen LogP contribution in [0.15, 0.2) is 0 Å². The Balaban J connectivity index is 1.28. The molecule has 232 valence electrons. The fraction of sp³-hybridized carbons (Fsp3) is 0.969. The molecule has 0 aromatic carbocycles. The number of piperidine rings is 2. The molecule has 7 fully saturated rings. The van der Waals surface area contributed by atoms with Crippen molar-refractivity contribution in [1.82, 2.24) is 4.90 Å². The third-order valence-corrected chi connectivity index (χ3v) is 14.1. The average Bonchev–Trinajstić information content (AvgIpc) is 3.16. The SMILES string of the molecule is CCC(C)C(=O)O[C@H]1CC[C@@]2(C)[C@@H]3CC[C@H]4[C@]5(O)[C@@H](O)[C@H](O)[C@H]6[C@@H](CN7C[C@@H](C)CC[C@H]7[C@@]6(C)O)[C@@H]5C[C@@]42O[C@]13O. The van der Waals surface area contributed by atoms with Gasteiger partial charge in [0.15, 0.2) is 6.10 Å². The Kier molecular flexibility index (Phi) is 6.27. The third kappa shape index (κ3) is 3.35. The minimum Gasteiger partial charge on any atom is -0.456 e. The summed E-state index contributed by atoms with van der Waals surface area (Å²) < 4.78 is 12.8. The number of aliphatic hydroxyl groups is 5. The molecule has 4 saturated carbocycles. The van der Waals surface area contributed by atoms with Crippen LogP contribution in [0, 0.1) is 46.8 Å². The minimum absolute atomic E-state index is 0.0969. The van der Waals surface area contributed by atoms with Gasteiger partial charge in [0, 0.05) is 42.3 Å². The van der Waals surface area contributed by atoms with E-state index >= 15 is 0 Å². The zero-order valence-electron chi connectivity index (χ0n) is 25.3. The first-order chi connectivity index (χ1) is 19.2. The molecule has 5 N–H and O–H groups in total. The molecule has 9 heteroatoms. The molecule has 3 saturated heterocycles. The lowest BCUT2D eigenvalue weighted by Gasteiger charge is -2.63. The van der Waals surface area contributed by atoms with Crippen LogP contribution in [0.25, 0.3) is 0 Å². The van der Waals surface area contributed by atoms with Gasteiger partial charge in [-0.2, -0.15) is 0 Å². The van der Waals surface area contributed by atoms with Crippen LogP contribution in [0.2, 0.25) is 0 Å². The highest BCUT2D eigenvalue weighted by Gasteiger charge is 2.85. The van der Waals surface area contributed by atoms with Crippen LogP contribution in [-0.4, -0.2) is 96.4 Å². The molecule has 9 nitrogen and oxygen atoms in total. The van der Waals surface area contributed by atoms with E-state index in [9.17, 15) is 30.3 Å². The maximum Gasteiger partial charge on any atom is 0.309 e. The lowest BCUT2D eigenvalue weighted by atomic mass is 9.49. The van der Waals surface area contributed by atoms with Crippen LogP contribution in [0.4, 0.5) is 0 Å². The highest BCUT2D eigenvalue weighted by atomic mass is 16.7. The first kappa shape index (κ1) is 28.9. The second kappa shape index (κ2) is 8.89. The molecule has 16 atom stereocenters. The number of rotatable bonds is 3. The number of hydrogen-bond acceptors (Lipinski definition) is 9. The van der Waals surface area contributed by atoms with Crippen LogP contribution in [0.5, 0.6) is 0 Å². The molecule has 0 aromatic heterocycles. The Morgan fingerprint density at radius 3 is 2.46 bits per heavy atom. The first-order valence-corrected chi connectivity index (χ1v) is 16.3. The van der Waals surface area contributed by atoms with E-state index in [0.717, 1.165) is 19.4 Å². The van der Waals surface area contributed by atoms with Gasteiger partial charge in [-0.05, 0) is 76.0 Å². The maximum absolute atomic E-state index is 12.8. The molecule has 1 spiro atoms. The molecule has 3 aliphatic heterocycles. The molecule has 4 aliphatic carbocycles. The summed E-state index contributed by atoms with van der Waals surface area (Å²) in [4.78, 5) is 15.2. The quantitative estimate of drug-likeness (QED) is 0.318. The summed E-state index contributed by atoms with van der Waals surface area (Å²) >= 11 is 0. The zero-order chi connectivity index (χ0) is 29.5. The molecular weight excluding hydrogens is 526 g/mol. The Bertz CT molecular complexity index is 1100. The number of fused-ring (bicyclic) bond motifs is 5. The molecule has 0 aromatic rings. The number of ether oxygens (including phenoxy) is 2. The van der Waals surface area contributed by atoms with Gasteiger partial charge in [0.25, 0.3) is 0 Å². The Labute approximate surface area is 243 Å². The zero-order valence-corrected chi connectivity index (χ0v) is 25.3. The van der Waals surface area contributed by atoms with Crippen molar-refractivity contribution >= 4 is 5.97 Å². The summed E-state index contributed by atoms with van der Waals surface area (Å²) in [5.74, 6) is -3.76. The molecule has 7 rings (SSSR count). The maximum atomic E-state index is 12.8. The van der Waals surface area contributed by atoms with Crippen molar-refractivity contribution in [2.45, 2.75) is 133 Å². The van der Waals surface area contributed by atoms with E-state index in [-0.39, 0.29) is 29.8 Å². The number of carbonyl (C=O) groups is 1. The number of esters is 1. The molecule has 0 amide bonds. The number of aliphatic hydroxyl groups excluding tert-OH is 2. The highest BCUT2D eigenvalue weighted by molar-refractivity contribution is 5.72. The smallest absolute Gasteiger partial charge is 0.309 e. The summed E-state index contributed by atoms with van der Waals surface area (Å²) in [5, 5.41) is 60.5. The van der Waals surface area contributed by atoms with Gasteiger partial charge in [0.1, 0.15) is 11.7 Å². The van der Waals surface area contributed by atoms with Crippen molar-refractivity contribution in [3.8, 4) is 0 Å². The second-order valence-electron chi connectivity index (χ2n) is 15.8. The lowest BCUT2D eigenvalue weighted by molar-refractivity contribution is -0.293. The Morgan fingerprint density at radius 2 is 1.76 bits per heavy atom. The first-order valence-electron chi connectivity index (χ1n) is 16.3. The van der Waals surface area contributed by atoms with Crippen LogP contribution < -0.4 is 0 Å². The largest absolute Gasteiger partial charge is 0.456 e. The predicted molar refractivity (Wildman–Crippen MR) is 148 cm³/mol. The van der Waals surface area contributed by atoms with E-state index in [1.165, 1.54) is 0 Å². The van der Waals surface area contributed by atoms with Crippen LogP contribution >= 0.6 is 0 Å². The Morgan fingerprint density at radius 1 is 1.05 bits per heavy atom. The summed E-state index contributed by atoms with van der Waals surface area (Å²) in [6.07, 6.45) is 1.72. The van der Waals surface area contributed by atoms with Gasteiger partial charge in [0.2, 0.25) is 5.79 Å². The van der Waals surface area contributed by atoms with E-state index < -0.39 is 64.1 Å². The van der Waals surface area contributed by atoms with Crippen molar-refractivity contribution in [3.63, 3.8) is 0 Å². The van der Waals surface area contributed by atoms with E-state index in [1.807, 2.05) is 20.8 Å². The van der Waals surface area contributed by atoms with Crippen molar-refractivity contribution in [1.29, 1.82) is 0 Å². The number of hydrogen-bond donors (Lipinski definition) is 5. The van der Waals surface area contributed by atoms with E-state index in [2.05, 4.69) is 18.7 Å². The topological polar surface area (TPSA) is 140 Å². The average molecular weight is 578 g/mol. The lowest BCUT2D eigenvalue weighted by Crippen LogP contribution is -2.76. The van der Waals surface area contributed by atoms with Gasteiger partial charge in [-0.1, -0.05) is 27.7 Å². The van der Waals surface area contributed by atoms with Crippen LogP contribution in [-0.2, 0) is 14.3 Å². The third-order valence-electron chi connectivity index (χ3n) is 14.1. The van der Waals surface area contributed by atoms with Crippen LogP contribution in [0.1, 0.15) is 86.0 Å². The molecular formula is C32H51NO8. The van der Waals surface area contributed by atoms with Gasteiger partial charge >= 0.3 is 5.97 Å². The summed E-state index contributed by atoms with van der Waals surface area (Å²) in [6.45, 7) is 11.5. The summed E-state index contributed by atoms with van der Waals surface area (Å²) in [6, 6.07) is -0.0969. The molecule has 0 radical (unpaired) electrons. The molecule has 4 bridgehead atoms. The molecule has 1 unspecified atom stereocenters. The summed E-state index contributed by atoms with van der Waals surface area (Å²) in [5.41, 5.74) is -4.26. The van der Waals surface area contributed by atoms with Gasteiger partial charge in [-0.25, -0.2) is 0 Å². The van der Waals surface area contributed by atoms with Crippen molar-refractivity contribution in [2.75, 3.05) is 13.1 Å². The van der Waals surface area contributed by atoms with Gasteiger partial charge in [-0.15, -0.1) is 0 Å². The fourth-order valence-corrected chi connectivity index (χ4v) is 12.0. The number of nitrogens with zero attached hydrogens (tertiary/aromatic N) is 1. The standard InChI is InChI=1S/C32H51NO8/c1-6-17(3)27(36)40-23-11-12-28(4)20-8-9-21-30(28,41-32(20,23)39)13-19-18-15-33-14-16(2)7-10-22(33)29(5,37)24(18)25(34)26(35)31(19,21)38/h16-26,34-35,37-39H,6-15H2,1-5H3/t16-,17?,18-,19-,20-,21+,22-,23-,24+,25+,26-,28-,29+,30+,31-,32-/m0/s1. The Hall–Kier alpha value is -0.810. The van der Waals surface area contributed by atoms with Crippen molar-refractivity contribution < 1.29 is 39.8 Å². The van der Waals surface area contributed by atoms with Crippen molar-refractivity contribution in [3.05, 3.63) is 0 Å². The van der Waals surface area contributed by atoms with E-state index in [4.69, 9.17) is 9.47 Å². The molecule has 7 aliphatic rings. The monoisotopic (exact) mass is 577 g/mol. The molecule has 41 heavy (non-hydrogen) atoms. The predicted octanol–water partition coefficient (Wildman–Crippen LogP) is 1.81. The van der Waals surface area contributed by atoms with Gasteiger partial charge in [-0.3, -0.25) is 9.69 Å². The highest BCUT2D eigenvalue weighted by Crippen LogP contribution is 2.77. The fourth-order valence-electron chi connectivity index (χ4n) is 12.0. The molecule has 3 heterocycles. The number of carbonyl (C=O) groups excluding carboxylic acids is 1. The van der Waals surface area contributed by atoms with Crippen molar-refractivity contribution in [2.24, 2.45) is 46.8 Å². The van der Waals surface area contributed by atoms with E-state index in [1.54, 1.807) is 0 Å². The van der Waals surface area contributed by atoms with Crippen LogP contribution in [0.3, 0.4) is 0 Å². The summed E-state index contributed by atoms with van der Waals surface area (Å²) in [7, 11) is 0. The minimum atomic E-state index is -1.66.